The summed E-state index contributed by atoms with van der Waals surface area (Å²) < 4.78 is 10.4. The van der Waals surface area contributed by atoms with Gasteiger partial charge in [0.05, 0.1) is 0 Å². The zero-order chi connectivity index (χ0) is 9.72. The van der Waals surface area contributed by atoms with Gasteiger partial charge in [-0.2, -0.15) is 0 Å². The maximum atomic E-state index is 5.19. The topological polar surface area (TPSA) is 21.7 Å². The zero-order valence-electron chi connectivity index (χ0n) is 9.00. The third-order valence-electron chi connectivity index (χ3n) is 1.84. The van der Waals surface area contributed by atoms with Crippen molar-refractivity contribution in [3.8, 4) is 0 Å². The highest BCUT2D eigenvalue weighted by Crippen LogP contribution is 2.11. The monoisotopic (exact) mass is 175 g/mol. The van der Waals surface area contributed by atoms with Gasteiger partial charge in [-0.15, -0.1) is 0 Å². The summed E-state index contributed by atoms with van der Waals surface area (Å²) in [6.07, 6.45) is -0.231. The molecule has 0 rings (SSSR count). The minimum atomic E-state index is -0.231. The van der Waals surface area contributed by atoms with Crippen LogP contribution in [-0.4, -0.2) is 37.6 Å². The molecule has 0 bridgehead atoms. The Morgan fingerprint density at radius 1 is 0.833 bits per heavy atom. The molecule has 0 spiro atoms. The van der Waals surface area contributed by atoms with Gasteiger partial charge in [0.15, 0.2) is 0 Å². The van der Waals surface area contributed by atoms with Crippen LogP contribution in [0.3, 0.4) is 0 Å². The number of hydrogen-bond acceptors (Lipinski definition) is 3. The lowest BCUT2D eigenvalue weighted by atomic mass is 10.2. The van der Waals surface area contributed by atoms with Crippen molar-refractivity contribution in [3.05, 3.63) is 0 Å². The van der Waals surface area contributed by atoms with Crippen molar-refractivity contribution in [2.45, 2.75) is 46.2 Å². The molecular formula is C9H21NO2. The molecule has 74 valence electrons. The molecule has 0 aliphatic heterocycles. The van der Waals surface area contributed by atoms with Gasteiger partial charge in [-0.1, -0.05) is 0 Å². The van der Waals surface area contributed by atoms with Crippen LogP contribution in [0.2, 0.25) is 0 Å². The smallest absolute Gasteiger partial charge is 0.218 e. The van der Waals surface area contributed by atoms with E-state index < -0.39 is 0 Å². The first kappa shape index (κ1) is 11.9. The van der Waals surface area contributed by atoms with E-state index in [1.165, 1.54) is 0 Å². The standard InChI is InChI=1S/C9H21NO2/c1-7(2)10(8(3)4)9(11-5)12-6/h7-9H,1-6H3. The van der Waals surface area contributed by atoms with Gasteiger partial charge >= 0.3 is 0 Å². The molecule has 0 N–H and O–H groups in total. The van der Waals surface area contributed by atoms with E-state index in [1.54, 1.807) is 14.2 Å². The predicted molar refractivity (Wildman–Crippen MR) is 49.9 cm³/mol. The number of methoxy groups -OCH3 is 2. The van der Waals surface area contributed by atoms with Gasteiger partial charge in [0.25, 0.3) is 0 Å². The maximum Gasteiger partial charge on any atom is 0.218 e. The molecule has 0 aromatic heterocycles. The summed E-state index contributed by atoms with van der Waals surface area (Å²) >= 11 is 0. The first-order chi connectivity index (χ1) is 5.54. The molecule has 3 nitrogen and oxygen atoms in total. The highest BCUT2D eigenvalue weighted by atomic mass is 16.7. The average Bonchev–Trinajstić information content (AvgIpc) is 1.98. The van der Waals surface area contributed by atoms with Gasteiger partial charge in [-0.05, 0) is 27.7 Å². The molecule has 0 saturated heterocycles. The van der Waals surface area contributed by atoms with Crippen LogP contribution < -0.4 is 0 Å². The minimum Gasteiger partial charge on any atom is -0.343 e. The zero-order valence-corrected chi connectivity index (χ0v) is 9.00. The van der Waals surface area contributed by atoms with Crippen LogP contribution in [-0.2, 0) is 9.47 Å². The summed E-state index contributed by atoms with van der Waals surface area (Å²) in [6.45, 7) is 8.52. The van der Waals surface area contributed by atoms with E-state index in [-0.39, 0.29) is 6.41 Å². The largest absolute Gasteiger partial charge is 0.343 e. The number of ether oxygens (including phenoxy) is 2. The second-order valence-corrected chi connectivity index (χ2v) is 3.41. The SMILES string of the molecule is COC(OC)N(C(C)C)C(C)C. The summed E-state index contributed by atoms with van der Waals surface area (Å²) in [7, 11) is 3.32. The molecule has 0 fully saturated rings. The lowest BCUT2D eigenvalue weighted by Crippen LogP contribution is -2.46. The minimum absolute atomic E-state index is 0.231. The Balaban J connectivity index is 4.26. The van der Waals surface area contributed by atoms with Crippen molar-refractivity contribution < 1.29 is 9.47 Å². The lowest BCUT2D eigenvalue weighted by molar-refractivity contribution is -0.214. The van der Waals surface area contributed by atoms with E-state index in [9.17, 15) is 0 Å². The fourth-order valence-corrected chi connectivity index (χ4v) is 1.42. The van der Waals surface area contributed by atoms with Crippen LogP contribution in [0.4, 0.5) is 0 Å². The van der Waals surface area contributed by atoms with Gasteiger partial charge < -0.3 is 9.47 Å². The molecule has 0 saturated carbocycles. The molecule has 0 aromatic rings. The summed E-state index contributed by atoms with van der Waals surface area (Å²) in [4.78, 5) is 2.17. The van der Waals surface area contributed by atoms with Crippen LogP contribution in [0, 0.1) is 0 Å². The lowest BCUT2D eigenvalue weighted by Gasteiger charge is -2.35. The molecule has 0 atom stereocenters. The predicted octanol–water partition coefficient (Wildman–Crippen LogP) is 1.68. The summed E-state index contributed by atoms with van der Waals surface area (Å²) in [5.74, 6) is 0. The summed E-state index contributed by atoms with van der Waals surface area (Å²) in [5, 5.41) is 0. The molecule has 0 radical (unpaired) electrons. The Morgan fingerprint density at radius 2 is 1.17 bits per heavy atom. The Morgan fingerprint density at radius 3 is 1.25 bits per heavy atom. The molecule has 3 heteroatoms. The van der Waals surface area contributed by atoms with E-state index in [0.717, 1.165) is 0 Å². The number of rotatable bonds is 5. The van der Waals surface area contributed by atoms with Crippen LogP contribution in [0.15, 0.2) is 0 Å². The highest BCUT2D eigenvalue weighted by molar-refractivity contribution is 4.66. The van der Waals surface area contributed by atoms with Gasteiger partial charge in [0.2, 0.25) is 6.41 Å². The normalized spacial score (nSPS) is 12.5. The molecule has 0 heterocycles. The fourth-order valence-electron chi connectivity index (χ4n) is 1.42. The van der Waals surface area contributed by atoms with Crippen molar-refractivity contribution in [1.82, 2.24) is 4.90 Å². The first-order valence-electron chi connectivity index (χ1n) is 4.37. The van der Waals surface area contributed by atoms with Crippen LogP contribution >= 0.6 is 0 Å². The molecular weight excluding hydrogens is 154 g/mol. The van der Waals surface area contributed by atoms with Gasteiger partial charge in [-0.25, -0.2) is 0 Å². The summed E-state index contributed by atoms with van der Waals surface area (Å²) in [5.41, 5.74) is 0. The molecule has 0 amide bonds. The molecule has 0 unspecified atom stereocenters. The maximum absolute atomic E-state index is 5.19. The summed E-state index contributed by atoms with van der Waals surface area (Å²) in [6, 6.07) is 0.852. The molecule has 0 aliphatic rings. The van der Waals surface area contributed by atoms with Crippen LogP contribution in [0.5, 0.6) is 0 Å². The van der Waals surface area contributed by atoms with E-state index in [4.69, 9.17) is 9.47 Å². The van der Waals surface area contributed by atoms with Crippen molar-refractivity contribution >= 4 is 0 Å². The first-order valence-corrected chi connectivity index (χ1v) is 4.37. The van der Waals surface area contributed by atoms with Crippen LogP contribution in [0.1, 0.15) is 27.7 Å². The van der Waals surface area contributed by atoms with Crippen molar-refractivity contribution in [3.63, 3.8) is 0 Å². The third-order valence-corrected chi connectivity index (χ3v) is 1.84. The van der Waals surface area contributed by atoms with Gasteiger partial charge in [0.1, 0.15) is 0 Å². The van der Waals surface area contributed by atoms with E-state index in [0.29, 0.717) is 12.1 Å². The number of nitrogens with zero attached hydrogens (tertiary/aromatic N) is 1. The Hall–Kier alpha value is -0.120. The van der Waals surface area contributed by atoms with Gasteiger partial charge in [-0.3, -0.25) is 4.90 Å². The van der Waals surface area contributed by atoms with Gasteiger partial charge in [0, 0.05) is 26.3 Å². The Kier molecular flexibility index (Phi) is 5.46. The van der Waals surface area contributed by atoms with Crippen molar-refractivity contribution in [1.29, 1.82) is 0 Å². The van der Waals surface area contributed by atoms with E-state index in [1.807, 2.05) is 0 Å². The number of hydrogen-bond donors (Lipinski definition) is 0. The average molecular weight is 175 g/mol. The molecule has 0 aliphatic carbocycles. The quantitative estimate of drug-likeness (QED) is 0.593. The Bertz CT molecular complexity index is 103. The van der Waals surface area contributed by atoms with Crippen molar-refractivity contribution in [2.75, 3.05) is 14.2 Å². The highest BCUT2D eigenvalue weighted by Gasteiger charge is 2.22. The van der Waals surface area contributed by atoms with E-state index >= 15 is 0 Å². The second-order valence-electron chi connectivity index (χ2n) is 3.41. The fraction of sp³-hybridized carbons (Fsp3) is 1.00. The third kappa shape index (κ3) is 3.09. The second kappa shape index (κ2) is 5.51. The van der Waals surface area contributed by atoms with Crippen LogP contribution in [0.25, 0.3) is 0 Å². The molecule has 0 aromatic carbocycles. The Labute approximate surface area is 75.6 Å². The van der Waals surface area contributed by atoms with E-state index in [2.05, 4.69) is 32.6 Å². The molecule has 12 heavy (non-hydrogen) atoms. The van der Waals surface area contributed by atoms with Crippen molar-refractivity contribution in [2.24, 2.45) is 0 Å².